The average Bonchev–Trinajstić information content (AvgIpc) is 2.45. The Morgan fingerprint density at radius 1 is 1.62 bits per heavy atom. The molecule has 0 saturated carbocycles. The number of hydrogen-bond donors (Lipinski definition) is 0. The third-order valence-corrected chi connectivity index (χ3v) is 4.38. The van der Waals surface area contributed by atoms with Gasteiger partial charge in [0.2, 0.25) is 0 Å². The van der Waals surface area contributed by atoms with Crippen LogP contribution in [0.4, 0.5) is 0 Å². The second-order valence-electron chi connectivity index (χ2n) is 2.45. The molecule has 0 N–H and O–H groups in total. The highest BCUT2D eigenvalue weighted by molar-refractivity contribution is 9.10. The number of thiophene rings is 1. The second-order valence-corrected chi connectivity index (χ2v) is 4.71. The van der Waals surface area contributed by atoms with Crippen LogP contribution in [-0.2, 0) is 0 Å². The van der Waals surface area contributed by atoms with E-state index in [2.05, 4.69) is 27.5 Å². The summed E-state index contributed by atoms with van der Waals surface area (Å²) < 4.78 is 1.98. The number of rotatable bonds is 1. The van der Waals surface area contributed by atoms with Gasteiger partial charge in [-0.15, -0.1) is 11.3 Å². The third kappa shape index (κ3) is 1.41. The molecule has 2 aromatic rings. The van der Waals surface area contributed by atoms with Gasteiger partial charge in [-0.05, 0) is 22.0 Å². The topological polar surface area (TPSA) is 12.9 Å². The maximum atomic E-state index is 6.01. The largest absolute Gasteiger partial charge is 0.254 e. The predicted molar refractivity (Wildman–Crippen MR) is 62.4 cm³/mol. The molecule has 2 aromatic heterocycles. The van der Waals surface area contributed by atoms with Gasteiger partial charge < -0.3 is 0 Å². The lowest BCUT2D eigenvalue weighted by Crippen LogP contribution is -1.72. The summed E-state index contributed by atoms with van der Waals surface area (Å²) in [6.45, 7) is 3.73. The molecule has 0 aliphatic heterocycles. The molecule has 0 fully saturated rings. The van der Waals surface area contributed by atoms with Crippen LogP contribution >= 0.6 is 38.9 Å². The molecule has 0 amide bonds. The molecule has 0 atom stereocenters. The van der Waals surface area contributed by atoms with Crippen LogP contribution in [0, 0.1) is 0 Å². The van der Waals surface area contributed by atoms with Crippen LogP contribution in [0.2, 0.25) is 5.02 Å². The molecule has 0 aliphatic rings. The van der Waals surface area contributed by atoms with Gasteiger partial charge in [0.05, 0.1) is 19.7 Å². The van der Waals surface area contributed by atoms with Crippen molar-refractivity contribution in [3.05, 3.63) is 33.2 Å². The number of nitrogens with zero attached hydrogens (tertiary/aromatic N) is 1. The van der Waals surface area contributed by atoms with Crippen molar-refractivity contribution in [2.45, 2.75) is 0 Å². The minimum atomic E-state index is 0.740. The van der Waals surface area contributed by atoms with Crippen LogP contribution in [0.1, 0.15) is 4.88 Å². The summed E-state index contributed by atoms with van der Waals surface area (Å²) in [5.74, 6) is 0. The van der Waals surface area contributed by atoms with Gasteiger partial charge in [-0.1, -0.05) is 24.3 Å². The monoisotopic (exact) mass is 273 g/mol. The lowest BCUT2D eigenvalue weighted by atomic mass is 10.4. The number of hydrogen-bond acceptors (Lipinski definition) is 2. The lowest BCUT2D eigenvalue weighted by Gasteiger charge is -1.90. The summed E-state index contributed by atoms with van der Waals surface area (Å²) in [6.07, 6.45) is 3.50. The fraction of sp³-hybridized carbons (Fsp3) is 0. The summed E-state index contributed by atoms with van der Waals surface area (Å²) in [4.78, 5) is 5.31. The first-order valence-corrected chi connectivity index (χ1v) is 5.57. The van der Waals surface area contributed by atoms with E-state index >= 15 is 0 Å². The minimum Gasteiger partial charge on any atom is -0.254 e. The molecule has 0 saturated heterocycles. The number of halogens is 2. The summed E-state index contributed by atoms with van der Waals surface area (Å²) in [5, 5.41) is 0.740. The van der Waals surface area contributed by atoms with E-state index in [4.69, 9.17) is 11.6 Å². The van der Waals surface area contributed by atoms with Gasteiger partial charge in [-0.3, -0.25) is 4.98 Å². The van der Waals surface area contributed by atoms with Crippen molar-refractivity contribution in [2.75, 3.05) is 0 Å². The first kappa shape index (κ1) is 9.19. The first-order valence-electron chi connectivity index (χ1n) is 3.59. The molecule has 4 heteroatoms. The summed E-state index contributed by atoms with van der Waals surface area (Å²) in [7, 11) is 0. The van der Waals surface area contributed by atoms with Gasteiger partial charge in [0.25, 0.3) is 0 Å². The second kappa shape index (κ2) is 3.40. The maximum absolute atomic E-state index is 6.01. The van der Waals surface area contributed by atoms with Crippen LogP contribution in [0.5, 0.6) is 0 Å². The van der Waals surface area contributed by atoms with E-state index in [0.717, 1.165) is 24.6 Å². The summed E-state index contributed by atoms with van der Waals surface area (Å²) in [5.41, 5.74) is 0.910. The smallest absolute Gasteiger partial charge is 0.0973 e. The lowest BCUT2D eigenvalue weighted by molar-refractivity contribution is 1.42. The highest BCUT2D eigenvalue weighted by atomic mass is 79.9. The zero-order valence-corrected chi connectivity index (χ0v) is 9.71. The van der Waals surface area contributed by atoms with Crippen LogP contribution in [0.25, 0.3) is 16.3 Å². The molecular formula is C9H5BrClNS. The van der Waals surface area contributed by atoms with Gasteiger partial charge in [0, 0.05) is 11.1 Å². The van der Waals surface area contributed by atoms with Crippen LogP contribution in [0.3, 0.4) is 0 Å². The van der Waals surface area contributed by atoms with Crippen molar-refractivity contribution in [1.29, 1.82) is 0 Å². The predicted octanol–water partition coefficient (Wildman–Crippen LogP) is 4.36. The van der Waals surface area contributed by atoms with Crippen molar-refractivity contribution >= 4 is 55.2 Å². The van der Waals surface area contributed by atoms with Gasteiger partial charge in [0.1, 0.15) is 0 Å². The molecule has 0 radical (unpaired) electrons. The van der Waals surface area contributed by atoms with E-state index in [1.807, 2.05) is 0 Å². The fourth-order valence-electron chi connectivity index (χ4n) is 1.08. The Bertz CT molecular complexity index is 478. The van der Waals surface area contributed by atoms with E-state index in [-0.39, 0.29) is 0 Å². The number of aromatic nitrogens is 1. The Hall–Kier alpha value is -0.380. The number of pyridine rings is 1. The molecule has 2 rings (SSSR count). The van der Waals surface area contributed by atoms with Crippen LogP contribution in [-0.4, -0.2) is 4.98 Å². The Balaban J connectivity index is 2.91. The minimum absolute atomic E-state index is 0.740. The quantitative estimate of drug-likeness (QED) is 0.753. The Labute approximate surface area is 93.2 Å². The molecule has 1 nitrogen and oxygen atoms in total. The van der Waals surface area contributed by atoms with E-state index in [1.165, 1.54) is 0 Å². The van der Waals surface area contributed by atoms with Gasteiger partial charge >= 0.3 is 0 Å². The normalized spacial score (nSPS) is 10.6. The van der Waals surface area contributed by atoms with E-state index in [0.29, 0.717) is 0 Å². The summed E-state index contributed by atoms with van der Waals surface area (Å²) in [6, 6.07) is 1.79. The van der Waals surface area contributed by atoms with Gasteiger partial charge in [-0.25, -0.2) is 0 Å². The average molecular weight is 275 g/mol. The first-order chi connectivity index (χ1) is 6.24. The van der Waals surface area contributed by atoms with Gasteiger partial charge in [0.15, 0.2) is 0 Å². The van der Waals surface area contributed by atoms with Crippen molar-refractivity contribution in [1.82, 2.24) is 4.98 Å². The Morgan fingerprint density at radius 2 is 2.38 bits per heavy atom. The SMILES string of the molecule is C=Cc1sc2c(Cl)ccnc2c1Br. The molecule has 0 aliphatic carbocycles. The molecule has 13 heavy (non-hydrogen) atoms. The van der Waals surface area contributed by atoms with E-state index in [1.54, 1.807) is 29.7 Å². The molecular weight excluding hydrogens is 270 g/mol. The van der Waals surface area contributed by atoms with Gasteiger partial charge in [-0.2, -0.15) is 0 Å². The van der Waals surface area contributed by atoms with E-state index in [9.17, 15) is 0 Å². The highest BCUT2D eigenvalue weighted by Gasteiger charge is 2.10. The molecule has 66 valence electrons. The van der Waals surface area contributed by atoms with Crippen molar-refractivity contribution < 1.29 is 0 Å². The Morgan fingerprint density at radius 3 is 3.00 bits per heavy atom. The standard InChI is InChI=1S/C9H5BrClNS/c1-2-6-7(10)8-9(13-6)5(11)3-4-12-8/h2-4H,1H2. The molecule has 0 spiro atoms. The van der Waals surface area contributed by atoms with Crippen LogP contribution < -0.4 is 0 Å². The van der Waals surface area contributed by atoms with Crippen molar-refractivity contribution in [3.8, 4) is 0 Å². The maximum Gasteiger partial charge on any atom is 0.0973 e. The Kier molecular flexibility index (Phi) is 2.41. The molecule has 2 heterocycles. The zero-order valence-electron chi connectivity index (χ0n) is 6.55. The fourth-order valence-corrected chi connectivity index (χ4v) is 3.09. The molecule has 0 aromatic carbocycles. The van der Waals surface area contributed by atoms with Crippen molar-refractivity contribution in [3.63, 3.8) is 0 Å². The molecule has 0 unspecified atom stereocenters. The zero-order chi connectivity index (χ0) is 9.42. The van der Waals surface area contributed by atoms with Crippen LogP contribution in [0.15, 0.2) is 23.3 Å². The third-order valence-electron chi connectivity index (χ3n) is 1.68. The van der Waals surface area contributed by atoms with Crippen molar-refractivity contribution in [2.24, 2.45) is 0 Å². The highest BCUT2D eigenvalue weighted by Crippen LogP contribution is 2.38. The molecule has 0 bridgehead atoms. The van der Waals surface area contributed by atoms with E-state index < -0.39 is 0 Å². The summed E-state index contributed by atoms with van der Waals surface area (Å²) >= 11 is 11.1. The number of fused-ring (bicyclic) bond motifs is 1.